The van der Waals surface area contributed by atoms with E-state index < -0.39 is 27.9 Å². The van der Waals surface area contributed by atoms with Gasteiger partial charge in [-0.25, -0.2) is 18.6 Å². The number of hydrogen-bond donors (Lipinski definition) is 3. The van der Waals surface area contributed by atoms with E-state index in [-0.39, 0.29) is 31.0 Å². The third-order valence-electron chi connectivity index (χ3n) is 6.01. The number of likely N-dealkylation sites (tertiary alicyclic amines) is 1. The van der Waals surface area contributed by atoms with Crippen LogP contribution in [0.5, 0.6) is 5.75 Å². The van der Waals surface area contributed by atoms with E-state index in [1.54, 1.807) is 17.6 Å². The Hall–Kier alpha value is -3.54. The van der Waals surface area contributed by atoms with Crippen molar-refractivity contribution in [2.24, 2.45) is 5.92 Å². The van der Waals surface area contributed by atoms with Gasteiger partial charge in [0.1, 0.15) is 12.4 Å². The highest BCUT2D eigenvalue weighted by Gasteiger charge is 2.36. The van der Waals surface area contributed by atoms with Gasteiger partial charge in [0.15, 0.2) is 0 Å². The van der Waals surface area contributed by atoms with Crippen molar-refractivity contribution in [2.45, 2.75) is 30.9 Å². The number of para-hydroxylation sites is 1. The molecule has 2 heterocycles. The van der Waals surface area contributed by atoms with E-state index in [0.29, 0.717) is 12.2 Å². The molecule has 3 aromatic rings. The predicted octanol–water partition coefficient (Wildman–Crippen LogP) is 1.75. The summed E-state index contributed by atoms with van der Waals surface area (Å²) in [5.74, 6) is -1.03. The summed E-state index contributed by atoms with van der Waals surface area (Å²) in [6.07, 6.45) is 0.822. The maximum Gasteiger partial charge on any atom is 0.248 e. The molecule has 1 aliphatic rings. The largest absolute Gasteiger partial charge is 0.489 e. The fourth-order valence-corrected chi connectivity index (χ4v) is 5.51. The fraction of sp³-hybridized carbons (Fsp3) is 0.292. The number of carbonyl (C=O) groups excluding carboxylic acids is 2. The number of sulfonamides is 1. The van der Waals surface area contributed by atoms with Crippen molar-refractivity contribution in [1.29, 1.82) is 0 Å². The first kappa shape index (κ1) is 24.6. The first-order valence-electron chi connectivity index (χ1n) is 11.0. The molecule has 35 heavy (non-hydrogen) atoms. The number of fused-ring (bicyclic) bond motifs is 1. The monoisotopic (exact) mass is 498 g/mol. The SMILES string of the molecule is Cc1cc(COc2ccc(S(=O)(=O)N[C@H]3CN(C=O)CC[C@@H]3C(=O)NO)cc2)c2ccccc2n1. The Kier molecular flexibility index (Phi) is 7.29. The van der Waals surface area contributed by atoms with Crippen molar-refractivity contribution in [3.05, 3.63) is 65.9 Å². The standard InChI is InChI=1S/C24H26N4O6S/c1-16-12-17(20-4-2-3-5-22(20)25-16)14-34-18-6-8-19(9-7-18)35(32,33)27-23-13-28(15-29)11-10-21(23)24(30)26-31/h2-9,12,15,21,23,27,31H,10-11,13-14H2,1H3,(H,26,30)/t21-,23-/m0/s1. The Morgan fingerprint density at radius 3 is 2.69 bits per heavy atom. The molecule has 184 valence electrons. The van der Waals surface area contributed by atoms with E-state index in [1.807, 2.05) is 37.3 Å². The average Bonchev–Trinajstić information content (AvgIpc) is 2.86. The molecule has 0 spiro atoms. The van der Waals surface area contributed by atoms with E-state index in [1.165, 1.54) is 17.0 Å². The third-order valence-corrected chi connectivity index (χ3v) is 7.51. The van der Waals surface area contributed by atoms with Gasteiger partial charge in [-0.1, -0.05) is 18.2 Å². The van der Waals surface area contributed by atoms with Gasteiger partial charge in [-0.05, 0) is 49.7 Å². The molecule has 1 aliphatic heterocycles. The van der Waals surface area contributed by atoms with Crippen LogP contribution in [0.2, 0.25) is 0 Å². The van der Waals surface area contributed by atoms with Gasteiger partial charge in [-0.3, -0.25) is 19.8 Å². The molecule has 2 atom stereocenters. The number of benzene rings is 2. The van der Waals surface area contributed by atoms with Gasteiger partial charge in [-0.2, -0.15) is 0 Å². The number of pyridine rings is 1. The molecule has 11 heteroatoms. The Morgan fingerprint density at radius 1 is 1.23 bits per heavy atom. The lowest BCUT2D eigenvalue weighted by Gasteiger charge is -2.35. The Bertz CT molecular complexity index is 1330. The lowest BCUT2D eigenvalue weighted by Crippen LogP contribution is -2.55. The number of aryl methyl sites for hydroxylation is 1. The predicted molar refractivity (Wildman–Crippen MR) is 127 cm³/mol. The molecule has 1 fully saturated rings. The number of nitrogens with one attached hydrogen (secondary N) is 2. The second-order valence-electron chi connectivity index (χ2n) is 8.40. The molecule has 0 radical (unpaired) electrons. The van der Waals surface area contributed by atoms with Crippen LogP contribution in [0, 0.1) is 12.8 Å². The average molecular weight is 499 g/mol. The van der Waals surface area contributed by atoms with Crippen molar-refractivity contribution in [3.63, 3.8) is 0 Å². The summed E-state index contributed by atoms with van der Waals surface area (Å²) >= 11 is 0. The zero-order valence-electron chi connectivity index (χ0n) is 19.0. The van der Waals surface area contributed by atoms with E-state index in [4.69, 9.17) is 9.94 Å². The van der Waals surface area contributed by atoms with Crippen LogP contribution in [-0.4, -0.2) is 55.0 Å². The summed E-state index contributed by atoms with van der Waals surface area (Å²) in [6.45, 7) is 2.51. The van der Waals surface area contributed by atoms with Gasteiger partial charge >= 0.3 is 0 Å². The summed E-state index contributed by atoms with van der Waals surface area (Å²) in [5, 5.41) is 9.99. The number of carbonyl (C=O) groups is 2. The number of nitrogens with zero attached hydrogens (tertiary/aromatic N) is 2. The molecule has 10 nitrogen and oxygen atoms in total. The Labute approximate surface area is 202 Å². The highest BCUT2D eigenvalue weighted by atomic mass is 32.2. The van der Waals surface area contributed by atoms with Crippen LogP contribution in [0.4, 0.5) is 0 Å². The maximum atomic E-state index is 13.0. The van der Waals surface area contributed by atoms with E-state index in [0.717, 1.165) is 22.2 Å². The minimum Gasteiger partial charge on any atom is -0.489 e. The lowest BCUT2D eigenvalue weighted by atomic mass is 9.92. The van der Waals surface area contributed by atoms with Crippen LogP contribution in [-0.2, 0) is 26.2 Å². The van der Waals surface area contributed by atoms with Crippen molar-refractivity contribution >= 4 is 33.2 Å². The van der Waals surface area contributed by atoms with Gasteiger partial charge in [0.05, 0.1) is 22.4 Å². The highest BCUT2D eigenvalue weighted by molar-refractivity contribution is 7.89. The maximum absolute atomic E-state index is 13.0. The quantitative estimate of drug-likeness (QED) is 0.244. The van der Waals surface area contributed by atoms with Crippen LogP contribution in [0.25, 0.3) is 10.9 Å². The van der Waals surface area contributed by atoms with E-state index >= 15 is 0 Å². The topological polar surface area (TPSA) is 138 Å². The number of piperidine rings is 1. The van der Waals surface area contributed by atoms with Gasteiger partial charge in [0.25, 0.3) is 0 Å². The first-order chi connectivity index (χ1) is 16.8. The Balaban J connectivity index is 1.47. The molecule has 3 N–H and O–H groups in total. The second-order valence-corrected chi connectivity index (χ2v) is 10.1. The summed E-state index contributed by atoms with van der Waals surface area (Å²) < 4.78 is 34.3. The smallest absolute Gasteiger partial charge is 0.248 e. The number of rotatable bonds is 8. The number of aromatic nitrogens is 1. The molecule has 0 unspecified atom stereocenters. The molecular formula is C24H26N4O6S. The molecule has 4 rings (SSSR count). The van der Waals surface area contributed by atoms with Crippen LogP contribution >= 0.6 is 0 Å². The fourth-order valence-electron chi connectivity index (χ4n) is 4.25. The summed E-state index contributed by atoms with van der Waals surface area (Å²) in [7, 11) is -4.00. The Morgan fingerprint density at radius 2 is 1.97 bits per heavy atom. The van der Waals surface area contributed by atoms with Crippen molar-refractivity contribution in [1.82, 2.24) is 20.1 Å². The van der Waals surface area contributed by atoms with E-state index in [9.17, 15) is 18.0 Å². The molecule has 0 aliphatic carbocycles. The number of hydroxylamine groups is 1. The lowest BCUT2D eigenvalue weighted by molar-refractivity contribution is -0.137. The van der Waals surface area contributed by atoms with Crippen LogP contribution in [0.15, 0.2) is 59.5 Å². The van der Waals surface area contributed by atoms with Crippen LogP contribution < -0.4 is 14.9 Å². The molecule has 2 aromatic carbocycles. The number of hydrogen-bond acceptors (Lipinski definition) is 7. The van der Waals surface area contributed by atoms with Gasteiger partial charge in [-0.15, -0.1) is 0 Å². The van der Waals surface area contributed by atoms with Gasteiger partial charge in [0, 0.05) is 29.7 Å². The minimum absolute atomic E-state index is 0.0126. The van der Waals surface area contributed by atoms with Crippen LogP contribution in [0.3, 0.4) is 0 Å². The molecule has 1 saturated heterocycles. The number of amides is 2. The molecule has 2 amide bonds. The first-order valence-corrected chi connectivity index (χ1v) is 12.5. The van der Waals surface area contributed by atoms with Crippen molar-refractivity contribution < 1.29 is 28.0 Å². The van der Waals surface area contributed by atoms with Crippen molar-refractivity contribution in [2.75, 3.05) is 13.1 Å². The molecular weight excluding hydrogens is 472 g/mol. The molecule has 0 saturated carbocycles. The number of ether oxygens (including phenoxy) is 1. The van der Waals surface area contributed by atoms with Crippen LogP contribution in [0.1, 0.15) is 17.7 Å². The van der Waals surface area contributed by atoms with E-state index in [2.05, 4.69) is 9.71 Å². The van der Waals surface area contributed by atoms with Gasteiger partial charge in [0.2, 0.25) is 22.3 Å². The molecule has 1 aromatic heterocycles. The summed E-state index contributed by atoms with van der Waals surface area (Å²) in [4.78, 5) is 29.1. The second kappa shape index (κ2) is 10.4. The summed E-state index contributed by atoms with van der Waals surface area (Å²) in [6, 6.07) is 14.8. The third kappa shape index (κ3) is 5.59. The normalized spacial score (nSPS) is 18.3. The summed E-state index contributed by atoms with van der Waals surface area (Å²) in [5.41, 5.74) is 4.29. The minimum atomic E-state index is -4.00. The van der Waals surface area contributed by atoms with Crippen molar-refractivity contribution in [3.8, 4) is 5.75 Å². The highest BCUT2D eigenvalue weighted by Crippen LogP contribution is 2.23. The van der Waals surface area contributed by atoms with Gasteiger partial charge < -0.3 is 9.64 Å². The molecule has 0 bridgehead atoms. The zero-order chi connectivity index (χ0) is 25.0. The zero-order valence-corrected chi connectivity index (χ0v) is 19.9.